The zero-order valence-electron chi connectivity index (χ0n) is 16.0. The molecule has 3 heteroatoms. The topological polar surface area (TPSA) is 42.0 Å². The molecule has 0 saturated carbocycles. The summed E-state index contributed by atoms with van der Waals surface area (Å²) in [6.07, 6.45) is 0. The zero-order chi connectivity index (χ0) is 19.5. The van der Waals surface area contributed by atoms with Gasteiger partial charge in [-0.25, -0.2) is 4.98 Å². The van der Waals surface area contributed by atoms with E-state index in [1.165, 1.54) is 0 Å². The van der Waals surface area contributed by atoms with Gasteiger partial charge in [-0.15, -0.1) is 0 Å². The van der Waals surface area contributed by atoms with E-state index >= 15 is 0 Å². The van der Waals surface area contributed by atoms with Gasteiger partial charge >= 0.3 is 0 Å². The van der Waals surface area contributed by atoms with Crippen molar-refractivity contribution in [3.63, 3.8) is 0 Å². The lowest BCUT2D eigenvalue weighted by atomic mass is 10.0. The van der Waals surface area contributed by atoms with Crippen LogP contribution < -0.4 is 5.32 Å². The van der Waals surface area contributed by atoms with Crippen molar-refractivity contribution in [2.24, 2.45) is 0 Å². The Bertz CT molecular complexity index is 1140. The molecule has 0 radical (unpaired) electrons. The quantitative estimate of drug-likeness (QED) is 0.503. The maximum Gasteiger partial charge on any atom is 0.252 e. The number of para-hydroxylation sites is 1. The molecule has 0 bridgehead atoms. The maximum absolute atomic E-state index is 13.2. The molecule has 1 amide bonds. The number of benzene rings is 3. The Kier molecular flexibility index (Phi) is 4.90. The van der Waals surface area contributed by atoms with E-state index in [0.717, 1.165) is 33.3 Å². The Balaban J connectivity index is 1.76. The first kappa shape index (κ1) is 17.9. The van der Waals surface area contributed by atoms with E-state index in [2.05, 4.69) is 24.4 Å². The van der Waals surface area contributed by atoms with Gasteiger partial charge in [0, 0.05) is 10.9 Å². The van der Waals surface area contributed by atoms with Gasteiger partial charge in [-0.2, -0.15) is 0 Å². The van der Waals surface area contributed by atoms with Crippen LogP contribution >= 0.6 is 0 Å². The zero-order valence-corrected chi connectivity index (χ0v) is 16.0. The van der Waals surface area contributed by atoms with Gasteiger partial charge in [-0.3, -0.25) is 4.79 Å². The standard InChI is InChI=1S/C25H22N2O/c1-17-9-8-12-20(15-17)24-16-22(21-13-6-7-14-23(21)27-24)25(28)26-18(2)19-10-4-3-5-11-19/h3-16,18H,1-2H3,(H,26,28)/t18-/m0/s1. The molecule has 0 aliphatic carbocycles. The van der Waals surface area contributed by atoms with Gasteiger partial charge in [0.15, 0.2) is 0 Å². The largest absolute Gasteiger partial charge is 0.345 e. The Labute approximate surface area is 165 Å². The summed E-state index contributed by atoms with van der Waals surface area (Å²) in [5.74, 6) is -0.0937. The van der Waals surface area contributed by atoms with Gasteiger partial charge in [0.2, 0.25) is 0 Å². The second-order valence-electron chi connectivity index (χ2n) is 7.05. The van der Waals surface area contributed by atoms with E-state index in [9.17, 15) is 4.79 Å². The molecule has 138 valence electrons. The second kappa shape index (κ2) is 7.65. The van der Waals surface area contributed by atoms with Crippen molar-refractivity contribution in [3.05, 3.63) is 102 Å². The number of pyridine rings is 1. The van der Waals surface area contributed by atoms with E-state index in [-0.39, 0.29) is 11.9 Å². The summed E-state index contributed by atoms with van der Waals surface area (Å²) in [6.45, 7) is 4.05. The lowest BCUT2D eigenvalue weighted by molar-refractivity contribution is 0.0941. The summed E-state index contributed by atoms with van der Waals surface area (Å²) >= 11 is 0. The Morgan fingerprint density at radius 1 is 0.893 bits per heavy atom. The first-order chi connectivity index (χ1) is 13.6. The third-order valence-corrected chi connectivity index (χ3v) is 4.92. The molecule has 4 rings (SSSR count). The number of nitrogens with zero attached hydrogens (tertiary/aromatic N) is 1. The maximum atomic E-state index is 13.2. The van der Waals surface area contributed by atoms with E-state index < -0.39 is 0 Å². The van der Waals surface area contributed by atoms with Crippen LogP contribution in [0.4, 0.5) is 0 Å². The van der Waals surface area contributed by atoms with E-state index in [1.807, 2.05) is 79.7 Å². The summed E-state index contributed by atoms with van der Waals surface area (Å²) in [5.41, 5.74) is 5.52. The molecule has 0 unspecified atom stereocenters. The Morgan fingerprint density at radius 2 is 1.64 bits per heavy atom. The molecule has 4 aromatic rings. The van der Waals surface area contributed by atoms with Crippen LogP contribution in [0.1, 0.15) is 34.5 Å². The highest BCUT2D eigenvalue weighted by Crippen LogP contribution is 2.26. The van der Waals surface area contributed by atoms with Crippen molar-refractivity contribution >= 4 is 16.8 Å². The molecule has 1 N–H and O–H groups in total. The highest BCUT2D eigenvalue weighted by molar-refractivity contribution is 6.07. The van der Waals surface area contributed by atoms with Gasteiger partial charge in [0.05, 0.1) is 22.8 Å². The summed E-state index contributed by atoms with van der Waals surface area (Å²) in [4.78, 5) is 17.9. The lowest BCUT2D eigenvalue weighted by Gasteiger charge is -2.16. The number of carbonyl (C=O) groups excluding carboxylic acids is 1. The van der Waals surface area contributed by atoms with E-state index in [4.69, 9.17) is 4.98 Å². The van der Waals surface area contributed by atoms with Crippen molar-refractivity contribution in [1.29, 1.82) is 0 Å². The van der Waals surface area contributed by atoms with Gasteiger partial charge in [0.1, 0.15) is 0 Å². The summed E-state index contributed by atoms with van der Waals surface area (Å²) in [6, 6.07) is 27.8. The second-order valence-corrected chi connectivity index (χ2v) is 7.05. The molecule has 1 atom stereocenters. The smallest absolute Gasteiger partial charge is 0.252 e. The van der Waals surface area contributed by atoms with Crippen LogP contribution in [0.15, 0.2) is 84.9 Å². The van der Waals surface area contributed by atoms with Crippen molar-refractivity contribution in [3.8, 4) is 11.3 Å². The number of rotatable bonds is 4. The normalized spacial score (nSPS) is 11.9. The molecule has 0 aliphatic heterocycles. The Hall–Kier alpha value is -3.46. The average molecular weight is 366 g/mol. The number of amides is 1. The predicted octanol–water partition coefficient (Wildman–Crippen LogP) is 5.70. The highest BCUT2D eigenvalue weighted by atomic mass is 16.1. The van der Waals surface area contributed by atoms with Gasteiger partial charge in [-0.05, 0) is 37.6 Å². The molecule has 28 heavy (non-hydrogen) atoms. The third-order valence-electron chi connectivity index (χ3n) is 4.92. The average Bonchev–Trinajstić information content (AvgIpc) is 2.73. The lowest BCUT2D eigenvalue weighted by Crippen LogP contribution is -2.27. The minimum Gasteiger partial charge on any atom is -0.345 e. The molecule has 0 fully saturated rings. The fourth-order valence-corrected chi connectivity index (χ4v) is 3.41. The third kappa shape index (κ3) is 3.65. The minimum absolute atomic E-state index is 0.0805. The number of aryl methyl sites for hydroxylation is 1. The molecule has 3 nitrogen and oxygen atoms in total. The molecule has 1 heterocycles. The monoisotopic (exact) mass is 366 g/mol. The van der Waals surface area contributed by atoms with Crippen LogP contribution in [0.2, 0.25) is 0 Å². The molecule has 0 aliphatic rings. The van der Waals surface area contributed by atoms with Crippen LogP contribution in [0.5, 0.6) is 0 Å². The molecular formula is C25H22N2O. The van der Waals surface area contributed by atoms with Crippen molar-refractivity contribution in [1.82, 2.24) is 10.3 Å². The number of fused-ring (bicyclic) bond motifs is 1. The number of hydrogen-bond donors (Lipinski definition) is 1. The predicted molar refractivity (Wildman–Crippen MR) is 114 cm³/mol. The van der Waals surface area contributed by atoms with Crippen LogP contribution in [-0.2, 0) is 0 Å². The summed E-state index contributed by atoms with van der Waals surface area (Å²) in [7, 11) is 0. The van der Waals surface area contributed by atoms with E-state index in [1.54, 1.807) is 0 Å². The van der Waals surface area contributed by atoms with Crippen LogP contribution in [-0.4, -0.2) is 10.9 Å². The van der Waals surface area contributed by atoms with Crippen molar-refractivity contribution in [2.75, 3.05) is 0 Å². The summed E-state index contributed by atoms with van der Waals surface area (Å²) < 4.78 is 0. The SMILES string of the molecule is Cc1cccc(-c2cc(C(=O)N[C@@H](C)c3ccccc3)c3ccccc3n2)c1. The first-order valence-corrected chi connectivity index (χ1v) is 9.44. The number of aromatic nitrogens is 1. The number of carbonyl (C=O) groups is 1. The van der Waals surface area contributed by atoms with Crippen LogP contribution in [0.25, 0.3) is 22.2 Å². The fourth-order valence-electron chi connectivity index (χ4n) is 3.41. The van der Waals surface area contributed by atoms with Crippen LogP contribution in [0, 0.1) is 6.92 Å². The molecule has 3 aromatic carbocycles. The van der Waals surface area contributed by atoms with E-state index in [0.29, 0.717) is 5.56 Å². The van der Waals surface area contributed by atoms with Crippen LogP contribution in [0.3, 0.4) is 0 Å². The molecule has 1 aromatic heterocycles. The summed E-state index contributed by atoms with van der Waals surface area (Å²) in [5, 5.41) is 3.99. The fraction of sp³-hybridized carbons (Fsp3) is 0.120. The van der Waals surface area contributed by atoms with Crippen molar-refractivity contribution in [2.45, 2.75) is 19.9 Å². The Morgan fingerprint density at radius 3 is 2.43 bits per heavy atom. The van der Waals surface area contributed by atoms with Gasteiger partial charge in [-0.1, -0.05) is 72.3 Å². The van der Waals surface area contributed by atoms with Crippen molar-refractivity contribution < 1.29 is 4.79 Å². The highest BCUT2D eigenvalue weighted by Gasteiger charge is 2.16. The number of hydrogen-bond acceptors (Lipinski definition) is 2. The number of nitrogens with one attached hydrogen (secondary N) is 1. The first-order valence-electron chi connectivity index (χ1n) is 9.44. The molecule has 0 spiro atoms. The molecular weight excluding hydrogens is 344 g/mol. The minimum atomic E-state index is -0.0937. The molecule has 0 saturated heterocycles. The van der Waals surface area contributed by atoms with Gasteiger partial charge in [0.25, 0.3) is 5.91 Å². The van der Waals surface area contributed by atoms with Gasteiger partial charge < -0.3 is 5.32 Å².